The van der Waals surface area contributed by atoms with Crippen LogP contribution in [0.2, 0.25) is 0 Å². The van der Waals surface area contributed by atoms with Gasteiger partial charge in [-0.05, 0) is 25.0 Å². The molecule has 2 aliphatic heterocycles. The highest BCUT2D eigenvalue weighted by molar-refractivity contribution is 7.90. The zero-order valence-corrected chi connectivity index (χ0v) is 11.7. The average Bonchev–Trinajstić information content (AvgIpc) is 2.47. The number of ether oxygens (including phenoxy) is 1. The highest BCUT2D eigenvalue weighted by atomic mass is 32.2. The van der Waals surface area contributed by atoms with E-state index < -0.39 is 21.4 Å². The summed E-state index contributed by atoms with van der Waals surface area (Å²) in [7, 11) is -3.78. The molecule has 1 aromatic rings. The monoisotopic (exact) mass is 296 g/mol. The number of fused-ring (bicyclic) bond motifs is 1. The van der Waals surface area contributed by atoms with Gasteiger partial charge in [-0.25, -0.2) is 8.42 Å². The number of para-hydroxylation sites is 2. The first-order chi connectivity index (χ1) is 9.59. The van der Waals surface area contributed by atoms with Crippen molar-refractivity contribution in [2.24, 2.45) is 0 Å². The molecule has 2 heterocycles. The van der Waals surface area contributed by atoms with Crippen molar-refractivity contribution in [1.82, 2.24) is 4.31 Å². The molecule has 1 saturated heterocycles. The zero-order valence-electron chi connectivity index (χ0n) is 10.9. The lowest BCUT2D eigenvalue weighted by atomic mass is 10.2. The van der Waals surface area contributed by atoms with Crippen LogP contribution in [0.25, 0.3) is 0 Å². The third kappa shape index (κ3) is 2.27. The number of nitrogens with zero attached hydrogens (tertiary/aromatic N) is 1. The lowest BCUT2D eigenvalue weighted by Gasteiger charge is -2.32. The summed E-state index contributed by atoms with van der Waals surface area (Å²) in [5.74, 6) is -0.244. The molecule has 0 aliphatic carbocycles. The van der Waals surface area contributed by atoms with Crippen LogP contribution in [0, 0.1) is 0 Å². The van der Waals surface area contributed by atoms with Crippen LogP contribution in [0.5, 0.6) is 5.75 Å². The smallest absolute Gasteiger partial charge is 0.290 e. The Balaban J connectivity index is 1.88. The Morgan fingerprint density at radius 3 is 2.60 bits per heavy atom. The van der Waals surface area contributed by atoms with Crippen LogP contribution < -0.4 is 10.1 Å². The standard InChI is InChI=1S/C13H16N2O4S/c16-12-13(19-11-7-3-2-6-10(11)14-12)20(17,18)15-8-4-1-5-9-15/h2-3,6-7,13H,1,4-5,8-9H2,(H,14,16). The van der Waals surface area contributed by atoms with Crippen LogP contribution in [-0.4, -0.2) is 37.2 Å². The first-order valence-corrected chi connectivity index (χ1v) is 8.15. The molecule has 1 unspecified atom stereocenters. The van der Waals surface area contributed by atoms with E-state index >= 15 is 0 Å². The van der Waals surface area contributed by atoms with Crippen molar-refractivity contribution < 1.29 is 17.9 Å². The fraction of sp³-hybridized carbons (Fsp3) is 0.462. The van der Waals surface area contributed by atoms with Gasteiger partial charge in [0.15, 0.2) is 0 Å². The molecule has 0 bridgehead atoms. The van der Waals surface area contributed by atoms with Crippen molar-refractivity contribution in [3.63, 3.8) is 0 Å². The van der Waals surface area contributed by atoms with Crippen LogP contribution in [0.3, 0.4) is 0 Å². The molecule has 1 N–H and O–H groups in total. The fourth-order valence-electron chi connectivity index (χ4n) is 2.48. The molecule has 20 heavy (non-hydrogen) atoms. The molecule has 0 saturated carbocycles. The lowest BCUT2D eigenvalue weighted by Crippen LogP contribution is -2.50. The number of rotatable bonds is 2. The summed E-state index contributed by atoms with van der Waals surface area (Å²) in [5, 5.41) is 2.59. The number of carbonyl (C=O) groups is 1. The maximum atomic E-state index is 12.5. The fourth-order valence-corrected chi connectivity index (χ4v) is 4.08. The van der Waals surface area contributed by atoms with Crippen molar-refractivity contribution in [3.8, 4) is 5.75 Å². The molecule has 2 aliphatic rings. The van der Waals surface area contributed by atoms with Crippen LogP contribution in [-0.2, 0) is 14.8 Å². The number of piperidine rings is 1. The van der Waals surface area contributed by atoms with Gasteiger partial charge in [-0.3, -0.25) is 4.79 Å². The summed E-state index contributed by atoms with van der Waals surface area (Å²) in [6.07, 6.45) is 2.67. The second-order valence-corrected chi connectivity index (χ2v) is 6.91. The Morgan fingerprint density at radius 2 is 1.85 bits per heavy atom. The second kappa shape index (κ2) is 5.06. The number of hydrogen-bond acceptors (Lipinski definition) is 4. The molecule has 1 aromatic carbocycles. The van der Waals surface area contributed by atoms with Gasteiger partial charge in [0.1, 0.15) is 5.75 Å². The summed E-state index contributed by atoms with van der Waals surface area (Å²) in [5.41, 5.74) is -0.988. The Kier molecular flexibility index (Phi) is 3.39. The molecule has 1 atom stereocenters. The van der Waals surface area contributed by atoms with Gasteiger partial charge >= 0.3 is 0 Å². The van der Waals surface area contributed by atoms with Crippen LogP contribution in [0.15, 0.2) is 24.3 Å². The van der Waals surface area contributed by atoms with Gasteiger partial charge in [-0.1, -0.05) is 18.6 Å². The Morgan fingerprint density at radius 1 is 1.15 bits per heavy atom. The van der Waals surface area contributed by atoms with Crippen LogP contribution in [0.1, 0.15) is 19.3 Å². The van der Waals surface area contributed by atoms with E-state index in [1.54, 1.807) is 24.3 Å². The van der Waals surface area contributed by atoms with E-state index in [0.717, 1.165) is 19.3 Å². The minimum absolute atomic E-state index is 0.387. The molecule has 3 rings (SSSR count). The van der Waals surface area contributed by atoms with Gasteiger partial charge in [0.05, 0.1) is 5.69 Å². The predicted octanol–water partition coefficient (Wildman–Crippen LogP) is 1.16. The number of amides is 1. The number of nitrogens with one attached hydrogen (secondary N) is 1. The third-order valence-corrected chi connectivity index (χ3v) is 5.47. The molecule has 1 fully saturated rings. The molecule has 7 heteroatoms. The van der Waals surface area contributed by atoms with E-state index in [-0.39, 0.29) is 0 Å². The van der Waals surface area contributed by atoms with Gasteiger partial charge < -0.3 is 10.1 Å². The van der Waals surface area contributed by atoms with E-state index in [4.69, 9.17) is 4.74 Å². The number of hydrogen-bond donors (Lipinski definition) is 1. The maximum absolute atomic E-state index is 12.5. The molecule has 1 amide bonds. The van der Waals surface area contributed by atoms with E-state index in [1.165, 1.54) is 4.31 Å². The van der Waals surface area contributed by atoms with E-state index in [1.807, 2.05) is 0 Å². The molecule has 6 nitrogen and oxygen atoms in total. The minimum atomic E-state index is -3.78. The number of anilines is 1. The number of sulfonamides is 1. The van der Waals surface area contributed by atoms with Crippen molar-refractivity contribution in [2.75, 3.05) is 18.4 Å². The largest absolute Gasteiger partial charge is 0.461 e. The lowest BCUT2D eigenvalue weighted by molar-refractivity contribution is -0.120. The Hall–Kier alpha value is -1.60. The molecular formula is C13H16N2O4S. The van der Waals surface area contributed by atoms with Crippen molar-refractivity contribution >= 4 is 21.6 Å². The van der Waals surface area contributed by atoms with E-state index in [9.17, 15) is 13.2 Å². The summed E-state index contributed by atoms with van der Waals surface area (Å²) >= 11 is 0. The number of benzene rings is 1. The highest BCUT2D eigenvalue weighted by Gasteiger charge is 2.42. The van der Waals surface area contributed by atoms with Gasteiger partial charge in [-0.2, -0.15) is 4.31 Å². The summed E-state index contributed by atoms with van der Waals surface area (Å²) in [6.45, 7) is 0.911. The van der Waals surface area contributed by atoms with Gasteiger partial charge in [0, 0.05) is 13.1 Å². The zero-order chi connectivity index (χ0) is 14.2. The van der Waals surface area contributed by atoms with Gasteiger partial charge in [-0.15, -0.1) is 0 Å². The predicted molar refractivity (Wildman–Crippen MR) is 73.8 cm³/mol. The van der Waals surface area contributed by atoms with Gasteiger partial charge in [0.25, 0.3) is 21.4 Å². The minimum Gasteiger partial charge on any atom is -0.461 e. The summed E-state index contributed by atoms with van der Waals surface area (Å²) in [6, 6.07) is 6.81. The maximum Gasteiger partial charge on any atom is 0.290 e. The third-order valence-electron chi connectivity index (χ3n) is 3.54. The SMILES string of the molecule is O=C1Nc2ccccc2OC1S(=O)(=O)N1CCCCC1. The second-order valence-electron chi connectivity index (χ2n) is 4.94. The van der Waals surface area contributed by atoms with Crippen LogP contribution >= 0.6 is 0 Å². The molecular weight excluding hydrogens is 280 g/mol. The summed E-state index contributed by atoms with van der Waals surface area (Å²) in [4.78, 5) is 12.0. The van der Waals surface area contributed by atoms with Crippen molar-refractivity contribution in [2.45, 2.75) is 24.7 Å². The summed E-state index contributed by atoms with van der Waals surface area (Å²) < 4.78 is 31.8. The quantitative estimate of drug-likeness (QED) is 0.888. The molecule has 0 radical (unpaired) electrons. The Bertz CT molecular complexity index is 623. The van der Waals surface area contributed by atoms with E-state index in [0.29, 0.717) is 24.5 Å². The first kappa shape index (κ1) is 13.4. The van der Waals surface area contributed by atoms with Crippen molar-refractivity contribution in [3.05, 3.63) is 24.3 Å². The normalized spacial score (nSPS) is 23.6. The first-order valence-electron chi connectivity index (χ1n) is 6.64. The van der Waals surface area contributed by atoms with E-state index in [2.05, 4.69) is 5.32 Å². The topological polar surface area (TPSA) is 75.7 Å². The Labute approximate surface area is 117 Å². The van der Waals surface area contributed by atoms with Gasteiger partial charge in [0.2, 0.25) is 0 Å². The average molecular weight is 296 g/mol. The van der Waals surface area contributed by atoms with Crippen molar-refractivity contribution in [1.29, 1.82) is 0 Å². The molecule has 0 aromatic heterocycles. The number of carbonyl (C=O) groups excluding carboxylic acids is 1. The molecule has 108 valence electrons. The molecule has 0 spiro atoms. The van der Waals surface area contributed by atoms with Crippen LogP contribution in [0.4, 0.5) is 5.69 Å². The highest BCUT2D eigenvalue weighted by Crippen LogP contribution is 2.31.